The number of para-hydroxylation sites is 1. The van der Waals surface area contributed by atoms with E-state index in [0.29, 0.717) is 43.9 Å². The van der Waals surface area contributed by atoms with E-state index >= 15 is 0 Å². The predicted octanol–water partition coefficient (Wildman–Crippen LogP) is 7.16. The van der Waals surface area contributed by atoms with Gasteiger partial charge in [0.1, 0.15) is 16.3 Å². The maximum absolute atomic E-state index is 12.9. The molecule has 202 valence electrons. The molecule has 0 spiro atoms. The number of hydrogen-bond donors (Lipinski definition) is 1. The van der Waals surface area contributed by atoms with Crippen molar-refractivity contribution in [2.24, 2.45) is 0 Å². The molecular formula is C27H24Cl2N4O4S2. The summed E-state index contributed by atoms with van der Waals surface area (Å²) in [4.78, 5) is 25.5. The Morgan fingerprint density at radius 2 is 1.92 bits per heavy atom. The minimum atomic E-state index is -0.549. The standard InChI is InChI=1S/C27H24Cl2N4O4S2/c1-4-13-33-24(16(2)37-21-8-6-5-7-20(21)29)31-32-27(33)39-15-22(34)30-25-23(26(35)36-3)19(14-38-25)17-9-11-18(28)12-10-17/h4-12,14,16H,1,13,15H2,2-3H3,(H,30,34). The van der Waals surface area contributed by atoms with Crippen LogP contribution in [-0.4, -0.2) is 39.5 Å². The van der Waals surface area contributed by atoms with Crippen LogP contribution in [0.25, 0.3) is 11.1 Å². The normalized spacial score (nSPS) is 11.6. The summed E-state index contributed by atoms with van der Waals surface area (Å²) >= 11 is 14.7. The molecule has 0 aliphatic rings. The van der Waals surface area contributed by atoms with Crippen LogP contribution < -0.4 is 10.1 Å². The van der Waals surface area contributed by atoms with Crippen LogP contribution in [0.15, 0.2) is 71.7 Å². The SMILES string of the molecule is C=CCn1c(SCC(=O)Nc2scc(-c3ccc(Cl)cc3)c2C(=O)OC)nnc1C(C)Oc1ccccc1Cl. The second-order valence-corrected chi connectivity index (χ2v) is 10.8. The molecule has 4 aromatic rings. The number of hydrogen-bond acceptors (Lipinski definition) is 8. The Kier molecular flexibility index (Phi) is 9.68. The highest BCUT2D eigenvalue weighted by molar-refractivity contribution is 7.99. The third kappa shape index (κ3) is 6.83. The fourth-order valence-electron chi connectivity index (χ4n) is 3.68. The van der Waals surface area contributed by atoms with Gasteiger partial charge in [0.2, 0.25) is 5.91 Å². The summed E-state index contributed by atoms with van der Waals surface area (Å²) in [6, 6.07) is 14.3. The van der Waals surface area contributed by atoms with Gasteiger partial charge in [0.05, 0.1) is 17.9 Å². The molecule has 2 heterocycles. The van der Waals surface area contributed by atoms with Crippen molar-refractivity contribution in [1.82, 2.24) is 14.8 Å². The van der Waals surface area contributed by atoms with Crippen molar-refractivity contribution in [3.8, 4) is 16.9 Å². The van der Waals surface area contributed by atoms with E-state index in [1.165, 1.54) is 30.2 Å². The number of thioether (sulfide) groups is 1. The lowest BCUT2D eigenvalue weighted by atomic mass is 10.0. The van der Waals surface area contributed by atoms with Gasteiger partial charge in [0.25, 0.3) is 0 Å². The van der Waals surface area contributed by atoms with E-state index in [1.54, 1.807) is 47.9 Å². The molecule has 1 amide bonds. The lowest BCUT2D eigenvalue weighted by molar-refractivity contribution is -0.113. The van der Waals surface area contributed by atoms with Crippen molar-refractivity contribution < 1.29 is 19.1 Å². The number of anilines is 1. The molecule has 0 fully saturated rings. The van der Waals surface area contributed by atoms with Gasteiger partial charge in [-0.25, -0.2) is 4.79 Å². The highest BCUT2D eigenvalue weighted by Crippen LogP contribution is 2.37. The average Bonchev–Trinajstić information content (AvgIpc) is 3.53. The Morgan fingerprint density at radius 1 is 1.18 bits per heavy atom. The van der Waals surface area contributed by atoms with E-state index in [-0.39, 0.29) is 17.2 Å². The van der Waals surface area contributed by atoms with Crippen LogP contribution in [0, 0.1) is 0 Å². The third-order valence-corrected chi connectivity index (χ3v) is 7.91. The molecule has 0 radical (unpaired) electrons. The molecule has 8 nitrogen and oxygen atoms in total. The maximum atomic E-state index is 12.9. The van der Waals surface area contributed by atoms with Gasteiger partial charge in [-0.1, -0.05) is 65.3 Å². The van der Waals surface area contributed by atoms with Crippen molar-refractivity contribution in [3.63, 3.8) is 0 Å². The van der Waals surface area contributed by atoms with E-state index in [2.05, 4.69) is 22.1 Å². The van der Waals surface area contributed by atoms with Crippen molar-refractivity contribution in [1.29, 1.82) is 0 Å². The van der Waals surface area contributed by atoms with E-state index < -0.39 is 12.1 Å². The molecule has 0 aliphatic carbocycles. The number of nitrogens with one attached hydrogen (secondary N) is 1. The van der Waals surface area contributed by atoms with Crippen LogP contribution in [0.3, 0.4) is 0 Å². The molecule has 2 aromatic carbocycles. The zero-order chi connectivity index (χ0) is 27.9. The maximum Gasteiger partial charge on any atom is 0.341 e. The molecule has 1 unspecified atom stereocenters. The highest BCUT2D eigenvalue weighted by atomic mass is 35.5. The first-order chi connectivity index (χ1) is 18.8. The average molecular weight is 604 g/mol. The van der Waals surface area contributed by atoms with Crippen LogP contribution in [0.5, 0.6) is 5.75 Å². The van der Waals surface area contributed by atoms with Gasteiger partial charge in [0.15, 0.2) is 17.1 Å². The van der Waals surface area contributed by atoms with Gasteiger partial charge in [-0.2, -0.15) is 0 Å². The number of esters is 1. The first kappa shape index (κ1) is 28.7. The minimum absolute atomic E-state index is 0.0316. The van der Waals surface area contributed by atoms with Crippen LogP contribution in [0.4, 0.5) is 5.00 Å². The van der Waals surface area contributed by atoms with Crippen molar-refractivity contribution in [3.05, 3.63) is 88.0 Å². The summed E-state index contributed by atoms with van der Waals surface area (Å²) < 4.78 is 12.8. The fourth-order valence-corrected chi connectivity index (χ4v) is 5.72. The van der Waals surface area contributed by atoms with Crippen LogP contribution >= 0.6 is 46.3 Å². The summed E-state index contributed by atoms with van der Waals surface area (Å²) in [5, 5.41) is 15.2. The van der Waals surface area contributed by atoms with Crippen LogP contribution in [0.2, 0.25) is 10.0 Å². The lowest BCUT2D eigenvalue weighted by Gasteiger charge is -2.16. The number of carbonyl (C=O) groups excluding carboxylic acids is 2. The summed E-state index contributed by atoms with van der Waals surface area (Å²) in [5.41, 5.74) is 1.71. The van der Waals surface area contributed by atoms with E-state index in [1.807, 2.05) is 23.6 Å². The third-order valence-electron chi connectivity index (χ3n) is 5.48. The second kappa shape index (κ2) is 13.2. The topological polar surface area (TPSA) is 95.3 Å². The lowest BCUT2D eigenvalue weighted by Crippen LogP contribution is -2.17. The summed E-state index contributed by atoms with van der Waals surface area (Å²) in [6.45, 7) is 6.08. The first-order valence-corrected chi connectivity index (χ1v) is 14.3. The van der Waals surface area contributed by atoms with Crippen molar-refractivity contribution in [2.75, 3.05) is 18.2 Å². The van der Waals surface area contributed by atoms with Gasteiger partial charge in [-0.05, 0) is 36.8 Å². The van der Waals surface area contributed by atoms with Gasteiger partial charge >= 0.3 is 5.97 Å². The number of rotatable bonds is 11. The van der Waals surface area contributed by atoms with Gasteiger partial charge in [-0.3, -0.25) is 9.36 Å². The molecule has 0 aliphatic heterocycles. The molecule has 39 heavy (non-hydrogen) atoms. The number of allylic oxidation sites excluding steroid dienone is 1. The Balaban J connectivity index is 1.48. The molecule has 4 rings (SSSR count). The minimum Gasteiger partial charge on any atom is -0.481 e. The van der Waals surface area contributed by atoms with Gasteiger partial charge < -0.3 is 14.8 Å². The molecule has 1 atom stereocenters. The van der Waals surface area contributed by atoms with E-state index in [4.69, 9.17) is 32.7 Å². The zero-order valence-corrected chi connectivity index (χ0v) is 24.2. The smallest absolute Gasteiger partial charge is 0.341 e. The highest BCUT2D eigenvalue weighted by Gasteiger charge is 2.24. The quantitative estimate of drug-likeness (QED) is 0.110. The number of amides is 1. The molecule has 2 aromatic heterocycles. The fraction of sp³-hybridized carbons (Fsp3) is 0.185. The predicted molar refractivity (Wildman–Crippen MR) is 156 cm³/mol. The number of aromatic nitrogens is 3. The number of methoxy groups -OCH3 is 1. The number of thiophene rings is 1. The number of nitrogens with zero attached hydrogens (tertiary/aromatic N) is 3. The van der Waals surface area contributed by atoms with Gasteiger partial charge in [0, 0.05) is 22.5 Å². The van der Waals surface area contributed by atoms with Gasteiger partial charge in [-0.15, -0.1) is 28.1 Å². The molecule has 0 saturated heterocycles. The Hall–Kier alpha value is -3.31. The first-order valence-electron chi connectivity index (χ1n) is 11.7. The number of ether oxygens (including phenoxy) is 2. The Bertz CT molecular complexity index is 1490. The molecule has 0 bridgehead atoms. The molecular weight excluding hydrogens is 579 g/mol. The summed E-state index contributed by atoms with van der Waals surface area (Å²) in [6.07, 6.45) is 1.26. The zero-order valence-electron chi connectivity index (χ0n) is 21.0. The second-order valence-electron chi connectivity index (χ2n) is 8.12. The summed E-state index contributed by atoms with van der Waals surface area (Å²) in [5.74, 6) is 0.265. The molecule has 1 N–H and O–H groups in total. The van der Waals surface area contributed by atoms with Crippen LogP contribution in [-0.2, 0) is 16.1 Å². The largest absolute Gasteiger partial charge is 0.481 e. The van der Waals surface area contributed by atoms with E-state index in [0.717, 1.165) is 5.56 Å². The van der Waals surface area contributed by atoms with Crippen molar-refractivity contribution in [2.45, 2.75) is 24.7 Å². The Morgan fingerprint density at radius 3 is 2.62 bits per heavy atom. The molecule has 0 saturated carbocycles. The number of benzene rings is 2. The number of carbonyl (C=O) groups is 2. The summed E-state index contributed by atoms with van der Waals surface area (Å²) in [7, 11) is 1.30. The van der Waals surface area contributed by atoms with Crippen molar-refractivity contribution >= 4 is 63.2 Å². The number of halogens is 2. The molecule has 12 heteroatoms. The Labute approximate surface area is 243 Å². The van der Waals surface area contributed by atoms with Crippen LogP contribution in [0.1, 0.15) is 29.2 Å². The monoisotopic (exact) mass is 602 g/mol. The van der Waals surface area contributed by atoms with E-state index in [9.17, 15) is 9.59 Å².